The number of Topliss-reactive ketones (excluding diaryl/α,β-unsaturated/α-hetero) is 1. The molecule has 0 saturated heterocycles. The van der Waals surface area contributed by atoms with E-state index >= 15 is 0 Å². The van der Waals surface area contributed by atoms with E-state index in [0.717, 1.165) is 0 Å². The number of hydrogen-bond donors (Lipinski definition) is 2. The SMILES string of the molecule is COc1cc2c(cc1OC)[C@]1(O)C(=O)c3ccc4c(c3O[C@H]1CO2)C[C@H](C(C)(C)O)O4. The molecule has 0 amide bonds. The molecule has 3 aliphatic heterocycles. The maximum atomic E-state index is 13.6. The molecule has 2 N–H and O–H groups in total. The predicted molar refractivity (Wildman–Crippen MR) is 109 cm³/mol. The Kier molecular flexibility index (Phi) is 4.19. The number of hydrogen-bond acceptors (Lipinski definition) is 8. The number of carbonyl (C=O) groups excluding carboxylic acids is 1. The lowest BCUT2D eigenvalue weighted by Gasteiger charge is -2.43. The van der Waals surface area contributed by atoms with E-state index in [4.69, 9.17) is 23.7 Å². The summed E-state index contributed by atoms with van der Waals surface area (Å²) >= 11 is 0. The minimum absolute atomic E-state index is 0.0242. The summed E-state index contributed by atoms with van der Waals surface area (Å²) in [6.45, 7) is 3.33. The van der Waals surface area contributed by atoms with Gasteiger partial charge in [0.2, 0.25) is 5.78 Å². The first-order valence-electron chi connectivity index (χ1n) is 10.1. The van der Waals surface area contributed by atoms with E-state index in [9.17, 15) is 15.0 Å². The average Bonchev–Trinajstić information content (AvgIpc) is 3.19. The van der Waals surface area contributed by atoms with E-state index in [1.54, 1.807) is 38.1 Å². The smallest absolute Gasteiger partial charge is 0.206 e. The van der Waals surface area contributed by atoms with Gasteiger partial charge in [0.25, 0.3) is 0 Å². The highest BCUT2D eigenvalue weighted by atomic mass is 16.6. The summed E-state index contributed by atoms with van der Waals surface area (Å²) < 4.78 is 28.5. The van der Waals surface area contributed by atoms with Crippen molar-refractivity contribution in [1.82, 2.24) is 0 Å². The van der Waals surface area contributed by atoms with E-state index in [0.29, 0.717) is 40.7 Å². The second-order valence-corrected chi connectivity index (χ2v) is 8.60. The topological polar surface area (TPSA) is 104 Å². The molecule has 3 aliphatic rings. The van der Waals surface area contributed by atoms with Gasteiger partial charge in [-0.25, -0.2) is 0 Å². The van der Waals surface area contributed by atoms with Crippen molar-refractivity contribution >= 4 is 5.78 Å². The number of aliphatic hydroxyl groups is 2. The van der Waals surface area contributed by atoms with Gasteiger partial charge in [0.15, 0.2) is 23.2 Å². The third-order valence-electron chi connectivity index (χ3n) is 6.27. The van der Waals surface area contributed by atoms with Crippen LogP contribution in [0, 0.1) is 0 Å². The Morgan fingerprint density at radius 1 is 1.10 bits per heavy atom. The van der Waals surface area contributed by atoms with Gasteiger partial charge in [0.05, 0.1) is 25.4 Å². The van der Waals surface area contributed by atoms with Gasteiger partial charge in [-0.15, -0.1) is 0 Å². The second kappa shape index (κ2) is 6.51. The molecule has 0 bridgehead atoms. The standard InChI is InChI=1S/C23H24O8/c1-22(2,25)18-7-12-14(30-18)6-5-11-20(12)31-19-10-29-15-9-17(28-4)16(27-3)8-13(15)23(19,26)21(11)24/h5-6,8-9,18-19,25-26H,7,10H2,1-4H3/t18-,19+,23-/m1/s1. The van der Waals surface area contributed by atoms with Crippen molar-refractivity contribution in [3.05, 3.63) is 41.0 Å². The molecule has 8 nitrogen and oxygen atoms in total. The number of carbonyl (C=O) groups is 1. The normalized spacial score (nSPS) is 25.8. The number of methoxy groups -OCH3 is 2. The summed E-state index contributed by atoms with van der Waals surface area (Å²) in [7, 11) is 2.98. The first kappa shape index (κ1) is 20.0. The summed E-state index contributed by atoms with van der Waals surface area (Å²) in [6.07, 6.45) is -1.03. The van der Waals surface area contributed by atoms with Crippen molar-refractivity contribution in [3.63, 3.8) is 0 Å². The van der Waals surface area contributed by atoms with Crippen LogP contribution >= 0.6 is 0 Å². The molecule has 0 radical (unpaired) electrons. The molecular formula is C23H24O8. The van der Waals surface area contributed by atoms with Crippen LogP contribution < -0.4 is 23.7 Å². The van der Waals surface area contributed by atoms with Crippen molar-refractivity contribution in [2.75, 3.05) is 20.8 Å². The Morgan fingerprint density at radius 3 is 2.48 bits per heavy atom. The molecule has 0 spiro atoms. The highest BCUT2D eigenvalue weighted by Gasteiger charge is 2.57. The fraction of sp³-hybridized carbons (Fsp3) is 0.435. The van der Waals surface area contributed by atoms with E-state index in [1.807, 2.05) is 0 Å². The van der Waals surface area contributed by atoms with Crippen LogP contribution in [0.1, 0.15) is 35.3 Å². The minimum atomic E-state index is -1.94. The molecule has 0 saturated carbocycles. The van der Waals surface area contributed by atoms with Crippen molar-refractivity contribution < 1.29 is 38.7 Å². The van der Waals surface area contributed by atoms with Gasteiger partial charge >= 0.3 is 0 Å². The lowest BCUT2D eigenvalue weighted by Crippen LogP contribution is -2.57. The van der Waals surface area contributed by atoms with Gasteiger partial charge in [0, 0.05) is 23.6 Å². The quantitative estimate of drug-likeness (QED) is 0.765. The monoisotopic (exact) mass is 428 g/mol. The Balaban J connectivity index is 1.61. The van der Waals surface area contributed by atoms with Gasteiger partial charge < -0.3 is 33.9 Å². The van der Waals surface area contributed by atoms with Gasteiger partial charge in [-0.05, 0) is 32.0 Å². The number of benzene rings is 2. The van der Waals surface area contributed by atoms with Gasteiger partial charge in [-0.2, -0.15) is 0 Å². The van der Waals surface area contributed by atoms with Crippen molar-refractivity contribution in [3.8, 4) is 28.7 Å². The fourth-order valence-electron chi connectivity index (χ4n) is 4.47. The predicted octanol–water partition coefficient (Wildman–Crippen LogP) is 2.00. The highest BCUT2D eigenvalue weighted by molar-refractivity contribution is 6.07. The van der Waals surface area contributed by atoms with E-state index < -0.39 is 29.2 Å². The average molecular weight is 428 g/mol. The molecule has 3 heterocycles. The van der Waals surface area contributed by atoms with Crippen LogP contribution in [-0.2, 0) is 12.0 Å². The number of ketones is 1. The van der Waals surface area contributed by atoms with E-state index in [2.05, 4.69) is 0 Å². The lowest BCUT2D eigenvalue weighted by atomic mass is 9.77. The van der Waals surface area contributed by atoms with Gasteiger partial charge in [-0.1, -0.05) is 0 Å². The van der Waals surface area contributed by atoms with Gasteiger partial charge in [0.1, 0.15) is 30.0 Å². The van der Waals surface area contributed by atoms with Crippen LogP contribution in [0.3, 0.4) is 0 Å². The molecule has 5 rings (SSSR count). The molecule has 2 aromatic carbocycles. The first-order valence-corrected chi connectivity index (χ1v) is 10.1. The van der Waals surface area contributed by atoms with Crippen molar-refractivity contribution in [1.29, 1.82) is 0 Å². The number of fused-ring (bicyclic) bond motifs is 6. The molecule has 2 aromatic rings. The molecule has 8 heteroatoms. The Hall–Kier alpha value is -2.97. The largest absolute Gasteiger partial charge is 0.493 e. The summed E-state index contributed by atoms with van der Waals surface area (Å²) in [5, 5.41) is 22.0. The third-order valence-corrected chi connectivity index (χ3v) is 6.27. The molecular weight excluding hydrogens is 404 g/mol. The molecule has 0 aliphatic carbocycles. The van der Waals surface area contributed by atoms with Crippen molar-refractivity contribution in [2.24, 2.45) is 0 Å². The fourth-order valence-corrected chi connectivity index (χ4v) is 4.47. The van der Waals surface area contributed by atoms with Crippen LogP contribution in [0.25, 0.3) is 0 Å². The van der Waals surface area contributed by atoms with Crippen LogP contribution in [-0.4, -0.2) is 54.6 Å². The highest BCUT2D eigenvalue weighted by Crippen LogP contribution is 2.51. The summed E-state index contributed by atoms with van der Waals surface area (Å²) in [4.78, 5) is 13.6. The third kappa shape index (κ3) is 2.71. The summed E-state index contributed by atoms with van der Waals surface area (Å²) in [5.74, 6) is 1.59. The second-order valence-electron chi connectivity index (χ2n) is 8.60. The molecule has 0 unspecified atom stereocenters. The van der Waals surface area contributed by atoms with E-state index in [-0.39, 0.29) is 17.7 Å². The van der Waals surface area contributed by atoms with Gasteiger partial charge in [-0.3, -0.25) is 4.79 Å². The Labute approximate surface area is 179 Å². The van der Waals surface area contributed by atoms with Crippen molar-refractivity contribution in [2.45, 2.75) is 43.7 Å². The Morgan fingerprint density at radius 2 is 1.81 bits per heavy atom. The number of ether oxygens (including phenoxy) is 5. The van der Waals surface area contributed by atoms with Crippen LogP contribution in [0.2, 0.25) is 0 Å². The maximum absolute atomic E-state index is 13.6. The van der Waals surface area contributed by atoms with Crippen LogP contribution in [0.4, 0.5) is 0 Å². The maximum Gasteiger partial charge on any atom is 0.206 e. The lowest BCUT2D eigenvalue weighted by molar-refractivity contribution is -0.0803. The number of rotatable bonds is 3. The molecule has 31 heavy (non-hydrogen) atoms. The minimum Gasteiger partial charge on any atom is -0.493 e. The first-order chi connectivity index (χ1) is 14.7. The zero-order valence-electron chi connectivity index (χ0n) is 17.7. The van der Waals surface area contributed by atoms with Crippen LogP contribution in [0.15, 0.2) is 24.3 Å². The zero-order chi connectivity index (χ0) is 22.1. The molecule has 164 valence electrons. The molecule has 0 aromatic heterocycles. The van der Waals surface area contributed by atoms with Crippen LogP contribution in [0.5, 0.6) is 28.7 Å². The molecule has 3 atom stereocenters. The molecule has 0 fully saturated rings. The summed E-state index contributed by atoms with van der Waals surface area (Å²) in [6, 6.07) is 6.41. The zero-order valence-corrected chi connectivity index (χ0v) is 17.7. The summed E-state index contributed by atoms with van der Waals surface area (Å²) in [5.41, 5.74) is -1.77. The Bertz CT molecular complexity index is 1090. The van der Waals surface area contributed by atoms with E-state index in [1.165, 1.54) is 14.2 Å².